The number of carbonyl (C=O) groups is 1. The zero-order chi connectivity index (χ0) is 15.4. The highest BCUT2D eigenvalue weighted by molar-refractivity contribution is 7.80. The highest BCUT2D eigenvalue weighted by atomic mass is 32.1. The molecule has 4 heteroatoms. The van der Waals surface area contributed by atoms with E-state index >= 15 is 0 Å². The number of amides is 1. The first-order valence-electron chi connectivity index (χ1n) is 6.72. The van der Waals surface area contributed by atoms with Crippen LogP contribution in [0.2, 0.25) is 0 Å². The van der Waals surface area contributed by atoms with E-state index in [2.05, 4.69) is 5.32 Å². The average Bonchev–Trinajstić information content (AvgIpc) is 2.44. The van der Waals surface area contributed by atoms with Crippen LogP contribution in [0.1, 0.15) is 22.6 Å². The first-order valence-corrected chi connectivity index (χ1v) is 7.13. The molecule has 0 aliphatic carbocycles. The fourth-order valence-electron chi connectivity index (χ4n) is 2.30. The molecule has 2 rings (SSSR count). The largest absolute Gasteiger partial charge is 0.392 e. The van der Waals surface area contributed by atoms with Crippen molar-refractivity contribution in [1.82, 2.24) is 0 Å². The van der Waals surface area contributed by atoms with E-state index in [0.29, 0.717) is 0 Å². The molecule has 3 N–H and O–H groups in total. The lowest BCUT2D eigenvalue weighted by atomic mass is 9.97. The SMILES string of the molecule is Cc1cccc(C)c1NC(=O)C(C(N)=S)c1ccccc1. The summed E-state index contributed by atoms with van der Waals surface area (Å²) in [5, 5.41) is 2.95. The molecule has 0 aromatic heterocycles. The molecule has 1 amide bonds. The maximum absolute atomic E-state index is 12.6. The number of thiocarbonyl (C=S) groups is 1. The number of rotatable bonds is 4. The van der Waals surface area contributed by atoms with E-state index in [1.165, 1.54) is 0 Å². The number of nitrogens with two attached hydrogens (primary N) is 1. The second kappa shape index (κ2) is 6.50. The Morgan fingerprint density at radius 2 is 1.62 bits per heavy atom. The minimum atomic E-state index is -0.625. The van der Waals surface area contributed by atoms with Gasteiger partial charge in [0.25, 0.3) is 0 Å². The minimum absolute atomic E-state index is 0.171. The third kappa shape index (κ3) is 3.47. The van der Waals surface area contributed by atoms with Gasteiger partial charge >= 0.3 is 0 Å². The Kier molecular flexibility index (Phi) is 4.70. The summed E-state index contributed by atoms with van der Waals surface area (Å²) in [4.78, 5) is 12.8. The van der Waals surface area contributed by atoms with Gasteiger partial charge in [-0.3, -0.25) is 4.79 Å². The summed E-state index contributed by atoms with van der Waals surface area (Å²) in [5.74, 6) is -0.827. The minimum Gasteiger partial charge on any atom is -0.392 e. The highest BCUT2D eigenvalue weighted by Gasteiger charge is 2.24. The van der Waals surface area contributed by atoms with Crippen LogP contribution in [0.4, 0.5) is 5.69 Å². The van der Waals surface area contributed by atoms with Crippen molar-refractivity contribution in [2.24, 2.45) is 5.73 Å². The van der Waals surface area contributed by atoms with Crippen LogP contribution in [-0.4, -0.2) is 10.9 Å². The third-order valence-corrected chi connectivity index (χ3v) is 3.64. The molecule has 2 aromatic carbocycles. The van der Waals surface area contributed by atoms with Crippen molar-refractivity contribution in [2.45, 2.75) is 19.8 Å². The van der Waals surface area contributed by atoms with E-state index in [-0.39, 0.29) is 10.9 Å². The lowest BCUT2D eigenvalue weighted by Crippen LogP contribution is -2.31. The second-order valence-electron chi connectivity index (χ2n) is 5.00. The van der Waals surface area contributed by atoms with Gasteiger partial charge in [-0.15, -0.1) is 0 Å². The maximum atomic E-state index is 12.6. The van der Waals surface area contributed by atoms with Crippen molar-refractivity contribution in [3.8, 4) is 0 Å². The number of benzene rings is 2. The summed E-state index contributed by atoms with van der Waals surface area (Å²) in [6, 6.07) is 15.2. The second-order valence-corrected chi connectivity index (χ2v) is 5.47. The van der Waals surface area contributed by atoms with Gasteiger partial charge in [-0.2, -0.15) is 0 Å². The van der Waals surface area contributed by atoms with Crippen molar-refractivity contribution >= 4 is 28.8 Å². The molecule has 108 valence electrons. The van der Waals surface area contributed by atoms with E-state index in [1.54, 1.807) is 0 Å². The van der Waals surface area contributed by atoms with Crippen molar-refractivity contribution in [2.75, 3.05) is 5.32 Å². The third-order valence-electron chi connectivity index (χ3n) is 3.41. The fourth-order valence-corrected chi connectivity index (χ4v) is 2.54. The first-order chi connectivity index (χ1) is 10.0. The van der Waals surface area contributed by atoms with E-state index in [0.717, 1.165) is 22.4 Å². The lowest BCUT2D eigenvalue weighted by Gasteiger charge is -2.18. The standard InChI is InChI=1S/C17H18N2OS/c1-11-7-6-8-12(2)15(11)19-17(20)14(16(18)21)13-9-4-3-5-10-13/h3-10,14H,1-2H3,(H2,18,21)(H,19,20). The molecule has 1 atom stereocenters. The number of para-hydroxylation sites is 1. The average molecular weight is 298 g/mol. The Morgan fingerprint density at radius 1 is 1.05 bits per heavy atom. The first kappa shape index (κ1) is 15.2. The number of nitrogens with one attached hydrogen (secondary N) is 1. The van der Waals surface area contributed by atoms with Gasteiger partial charge in [-0.1, -0.05) is 60.7 Å². The molecule has 0 aliphatic rings. The topological polar surface area (TPSA) is 55.1 Å². The summed E-state index contributed by atoms with van der Waals surface area (Å²) in [6.07, 6.45) is 0. The van der Waals surface area contributed by atoms with Gasteiger partial charge in [0, 0.05) is 5.69 Å². The predicted octanol–water partition coefficient (Wildman–Crippen LogP) is 3.31. The van der Waals surface area contributed by atoms with Crippen molar-refractivity contribution in [3.63, 3.8) is 0 Å². The number of carbonyl (C=O) groups excluding carboxylic acids is 1. The zero-order valence-electron chi connectivity index (χ0n) is 12.1. The molecule has 0 spiro atoms. The summed E-state index contributed by atoms with van der Waals surface area (Å²) in [7, 11) is 0. The molecule has 2 aromatic rings. The molecule has 0 heterocycles. The summed E-state index contributed by atoms with van der Waals surface area (Å²) < 4.78 is 0. The molecule has 0 aliphatic heterocycles. The number of hydrogen-bond acceptors (Lipinski definition) is 2. The molecule has 0 saturated heterocycles. The van der Waals surface area contributed by atoms with E-state index in [9.17, 15) is 4.79 Å². The van der Waals surface area contributed by atoms with Gasteiger partial charge in [0.15, 0.2) is 0 Å². The Labute approximate surface area is 130 Å². The molecule has 0 radical (unpaired) electrons. The van der Waals surface area contributed by atoms with Gasteiger partial charge in [0.1, 0.15) is 5.92 Å². The van der Waals surface area contributed by atoms with Crippen LogP contribution < -0.4 is 11.1 Å². The van der Waals surface area contributed by atoms with Crippen LogP contribution in [-0.2, 0) is 4.79 Å². The number of hydrogen-bond donors (Lipinski definition) is 2. The van der Waals surface area contributed by atoms with Gasteiger partial charge in [0.05, 0.1) is 4.99 Å². The summed E-state index contributed by atoms with van der Waals surface area (Å²) in [5.41, 5.74) is 9.41. The molecular weight excluding hydrogens is 280 g/mol. The predicted molar refractivity (Wildman–Crippen MR) is 90.5 cm³/mol. The zero-order valence-corrected chi connectivity index (χ0v) is 12.9. The molecule has 0 fully saturated rings. The molecular formula is C17H18N2OS. The lowest BCUT2D eigenvalue weighted by molar-refractivity contribution is -0.116. The fraction of sp³-hybridized carbons (Fsp3) is 0.176. The Hall–Kier alpha value is -2.20. The van der Waals surface area contributed by atoms with Gasteiger partial charge in [-0.05, 0) is 30.5 Å². The Balaban J connectivity index is 2.31. The van der Waals surface area contributed by atoms with Gasteiger partial charge in [0.2, 0.25) is 5.91 Å². The smallest absolute Gasteiger partial charge is 0.238 e. The van der Waals surface area contributed by atoms with Crippen molar-refractivity contribution in [3.05, 3.63) is 65.2 Å². The molecule has 3 nitrogen and oxygen atoms in total. The van der Waals surface area contributed by atoms with Crippen LogP contribution >= 0.6 is 12.2 Å². The molecule has 0 bridgehead atoms. The molecule has 0 saturated carbocycles. The number of anilines is 1. The van der Waals surface area contributed by atoms with Crippen molar-refractivity contribution < 1.29 is 4.79 Å². The maximum Gasteiger partial charge on any atom is 0.238 e. The monoisotopic (exact) mass is 298 g/mol. The highest BCUT2D eigenvalue weighted by Crippen LogP contribution is 2.23. The number of aryl methyl sites for hydroxylation is 2. The van der Waals surface area contributed by atoms with Gasteiger partial charge in [-0.25, -0.2) is 0 Å². The summed E-state index contributed by atoms with van der Waals surface area (Å²) in [6.45, 7) is 3.92. The van der Waals surface area contributed by atoms with Crippen LogP contribution in [0.25, 0.3) is 0 Å². The molecule has 21 heavy (non-hydrogen) atoms. The van der Waals surface area contributed by atoms with Crippen molar-refractivity contribution in [1.29, 1.82) is 0 Å². The van der Waals surface area contributed by atoms with E-state index in [1.807, 2.05) is 62.4 Å². The van der Waals surface area contributed by atoms with Crippen LogP contribution in [0.5, 0.6) is 0 Å². The van der Waals surface area contributed by atoms with E-state index in [4.69, 9.17) is 18.0 Å². The van der Waals surface area contributed by atoms with Crippen LogP contribution in [0.3, 0.4) is 0 Å². The Morgan fingerprint density at radius 3 is 2.14 bits per heavy atom. The molecule has 1 unspecified atom stereocenters. The van der Waals surface area contributed by atoms with E-state index < -0.39 is 5.92 Å². The quantitative estimate of drug-likeness (QED) is 0.851. The summed E-state index contributed by atoms with van der Waals surface area (Å²) >= 11 is 5.07. The van der Waals surface area contributed by atoms with Crippen LogP contribution in [0.15, 0.2) is 48.5 Å². The normalized spacial score (nSPS) is 11.7. The van der Waals surface area contributed by atoms with Gasteiger partial charge < -0.3 is 11.1 Å². The van der Waals surface area contributed by atoms with Crippen LogP contribution in [0, 0.1) is 13.8 Å². The Bertz CT molecular complexity index is 647.